The fraction of sp³-hybridized carbons (Fsp3) is 0.300. The second-order valence-corrected chi connectivity index (χ2v) is 6.56. The van der Waals surface area contributed by atoms with Gasteiger partial charge in [0.05, 0.1) is 0 Å². The van der Waals surface area contributed by atoms with E-state index in [0.717, 1.165) is 12.1 Å². The second-order valence-electron chi connectivity index (χ2n) is 6.56. The van der Waals surface area contributed by atoms with Crippen LogP contribution in [0.3, 0.4) is 0 Å². The van der Waals surface area contributed by atoms with Crippen molar-refractivity contribution in [3.8, 4) is 0 Å². The summed E-state index contributed by atoms with van der Waals surface area (Å²) in [4.78, 5) is 2.11. The normalized spacial score (nSPS) is 11.8. The number of benzene rings is 2. The molecule has 22 heavy (non-hydrogen) atoms. The number of nitrogens with zero attached hydrogens (tertiary/aromatic N) is 1. The molecule has 2 aromatic carbocycles. The van der Waals surface area contributed by atoms with Crippen LogP contribution >= 0.6 is 0 Å². The number of anilines is 2. The molecule has 0 fully saturated rings. The molecule has 2 nitrogen and oxygen atoms in total. The molecular formula is C20H26N2. The van der Waals surface area contributed by atoms with Crippen LogP contribution < -0.4 is 10.6 Å². The van der Waals surface area contributed by atoms with Gasteiger partial charge in [-0.25, -0.2) is 0 Å². The Kier molecular flexibility index (Phi) is 4.92. The fourth-order valence-electron chi connectivity index (χ4n) is 2.60. The van der Waals surface area contributed by atoms with Crippen LogP contribution in [-0.4, -0.2) is 14.1 Å². The molecule has 0 amide bonds. The van der Waals surface area contributed by atoms with Gasteiger partial charge in [-0.1, -0.05) is 56.3 Å². The maximum atomic E-state index is 6.11. The molecule has 0 radical (unpaired) electrons. The van der Waals surface area contributed by atoms with Gasteiger partial charge in [-0.2, -0.15) is 0 Å². The number of rotatable bonds is 5. The molecule has 0 bridgehead atoms. The van der Waals surface area contributed by atoms with Crippen molar-refractivity contribution in [1.82, 2.24) is 0 Å². The summed E-state index contributed by atoms with van der Waals surface area (Å²) in [5.74, 6) is 0. The Balaban J connectivity index is 2.06. The Morgan fingerprint density at radius 3 is 2.23 bits per heavy atom. The van der Waals surface area contributed by atoms with E-state index in [1.165, 1.54) is 16.8 Å². The maximum absolute atomic E-state index is 6.11. The molecule has 0 spiro atoms. The first-order chi connectivity index (χ1) is 10.4. The average molecular weight is 294 g/mol. The van der Waals surface area contributed by atoms with Gasteiger partial charge < -0.3 is 10.6 Å². The summed E-state index contributed by atoms with van der Waals surface area (Å²) in [5.41, 5.74) is 10.7. The number of para-hydroxylation sites is 1. The van der Waals surface area contributed by atoms with Crippen molar-refractivity contribution in [3.63, 3.8) is 0 Å². The highest BCUT2D eigenvalue weighted by Crippen LogP contribution is 2.31. The minimum atomic E-state index is 0.0332. The minimum Gasteiger partial charge on any atom is -0.398 e. The monoisotopic (exact) mass is 294 g/mol. The molecule has 0 saturated heterocycles. The van der Waals surface area contributed by atoms with Gasteiger partial charge in [0, 0.05) is 25.5 Å². The molecule has 0 aliphatic heterocycles. The van der Waals surface area contributed by atoms with E-state index >= 15 is 0 Å². The van der Waals surface area contributed by atoms with Crippen molar-refractivity contribution in [2.75, 3.05) is 24.7 Å². The lowest BCUT2D eigenvalue weighted by molar-refractivity contribution is 0.537. The first kappa shape index (κ1) is 16.2. The van der Waals surface area contributed by atoms with Crippen molar-refractivity contribution in [2.24, 2.45) is 0 Å². The van der Waals surface area contributed by atoms with E-state index in [2.05, 4.69) is 81.4 Å². The van der Waals surface area contributed by atoms with Crippen LogP contribution in [-0.2, 0) is 5.41 Å². The van der Waals surface area contributed by atoms with E-state index in [9.17, 15) is 0 Å². The van der Waals surface area contributed by atoms with Gasteiger partial charge in [0.2, 0.25) is 0 Å². The summed E-state index contributed by atoms with van der Waals surface area (Å²) in [6, 6.07) is 16.7. The summed E-state index contributed by atoms with van der Waals surface area (Å²) in [7, 11) is 4.11. The standard InChI is InChI=1S/C20H26N2/c1-20(2,18-9-5-6-10-19(18)21)15-7-8-16-11-13-17(14-12-16)22(3)4/h5-14H,15,21H2,1-4H3/b8-7+. The number of hydrogen-bond acceptors (Lipinski definition) is 2. The number of hydrogen-bond donors (Lipinski definition) is 1. The summed E-state index contributed by atoms with van der Waals surface area (Å²) in [6.45, 7) is 4.47. The van der Waals surface area contributed by atoms with Gasteiger partial charge in [0.15, 0.2) is 0 Å². The third kappa shape index (κ3) is 3.91. The molecular weight excluding hydrogens is 268 g/mol. The van der Waals surface area contributed by atoms with Crippen molar-refractivity contribution in [1.29, 1.82) is 0 Å². The topological polar surface area (TPSA) is 29.3 Å². The number of allylic oxidation sites excluding steroid dienone is 1. The van der Waals surface area contributed by atoms with Gasteiger partial charge in [-0.3, -0.25) is 0 Å². The van der Waals surface area contributed by atoms with Crippen LogP contribution in [0.25, 0.3) is 6.08 Å². The highest BCUT2D eigenvalue weighted by molar-refractivity contribution is 5.56. The zero-order chi connectivity index (χ0) is 16.2. The highest BCUT2D eigenvalue weighted by Gasteiger charge is 2.20. The van der Waals surface area contributed by atoms with Crippen LogP contribution in [0.2, 0.25) is 0 Å². The summed E-state index contributed by atoms with van der Waals surface area (Å²) in [5, 5.41) is 0. The van der Waals surface area contributed by atoms with E-state index in [4.69, 9.17) is 5.73 Å². The molecule has 0 aliphatic carbocycles. The molecule has 0 aliphatic rings. The van der Waals surface area contributed by atoms with Gasteiger partial charge in [-0.15, -0.1) is 0 Å². The zero-order valence-corrected chi connectivity index (χ0v) is 14.0. The van der Waals surface area contributed by atoms with Crippen molar-refractivity contribution in [3.05, 3.63) is 65.7 Å². The molecule has 0 atom stereocenters. The SMILES string of the molecule is CN(C)c1ccc(/C=C/CC(C)(C)c2ccccc2N)cc1. The third-order valence-corrected chi connectivity index (χ3v) is 4.04. The largest absolute Gasteiger partial charge is 0.398 e. The van der Waals surface area contributed by atoms with Crippen LogP contribution in [0.1, 0.15) is 31.4 Å². The van der Waals surface area contributed by atoms with Crippen LogP contribution in [0.5, 0.6) is 0 Å². The Hall–Kier alpha value is -2.22. The molecule has 116 valence electrons. The van der Waals surface area contributed by atoms with E-state index in [1.54, 1.807) is 0 Å². The quantitative estimate of drug-likeness (QED) is 0.809. The first-order valence-corrected chi connectivity index (χ1v) is 7.69. The predicted molar refractivity (Wildman–Crippen MR) is 98.3 cm³/mol. The lowest BCUT2D eigenvalue weighted by atomic mass is 9.80. The zero-order valence-electron chi connectivity index (χ0n) is 14.0. The molecule has 2 heteroatoms. The van der Waals surface area contributed by atoms with Crippen molar-refractivity contribution < 1.29 is 0 Å². The molecule has 2 N–H and O–H groups in total. The lowest BCUT2D eigenvalue weighted by Crippen LogP contribution is -2.17. The molecule has 0 aromatic heterocycles. The van der Waals surface area contributed by atoms with Crippen LogP contribution in [0.15, 0.2) is 54.6 Å². The van der Waals surface area contributed by atoms with Gasteiger partial charge >= 0.3 is 0 Å². The van der Waals surface area contributed by atoms with Crippen molar-refractivity contribution >= 4 is 17.5 Å². The molecule has 2 aromatic rings. The molecule has 0 unspecified atom stereocenters. The average Bonchev–Trinajstić information content (AvgIpc) is 2.48. The number of nitrogen functional groups attached to an aromatic ring is 1. The Bertz CT molecular complexity index is 637. The second kappa shape index (κ2) is 6.69. The van der Waals surface area contributed by atoms with Gasteiger partial charge in [-0.05, 0) is 41.2 Å². The molecule has 0 saturated carbocycles. The fourth-order valence-corrected chi connectivity index (χ4v) is 2.60. The summed E-state index contributed by atoms with van der Waals surface area (Å²) in [6.07, 6.45) is 5.37. The van der Waals surface area contributed by atoms with E-state index in [1.807, 2.05) is 12.1 Å². The van der Waals surface area contributed by atoms with Gasteiger partial charge in [0.25, 0.3) is 0 Å². The molecule has 0 heterocycles. The minimum absolute atomic E-state index is 0.0332. The third-order valence-electron chi connectivity index (χ3n) is 4.04. The Morgan fingerprint density at radius 1 is 1.00 bits per heavy atom. The van der Waals surface area contributed by atoms with E-state index in [0.29, 0.717) is 0 Å². The Morgan fingerprint density at radius 2 is 1.64 bits per heavy atom. The summed E-state index contributed by atoms with van der Waals surface area (Å²) >= 11 is 0. The highest BCUT2D eigenvalue weighted by atomic mass is 15.1. The smallest absolute Gasteiger partial charge is 0.0361 e. The van der Waals surface area contributed by atoms with E-state index in [-0.39, 0.29) is 5.41 Å². The molecule has 2 rings (SSSR count). The Labute approximate surface area is 134 Å². The number of nitrogens with two attached hydrogens (primary N) is 1. The first-order valence-electron chi connectivity index (χ1n) is 7.69. The van der Waals surface area contributed by atoms with Gasteiger partial charge in [0.1, 0.15) is 0 Å². The summed E-state index contributed by atoms with van der Waals surface area (Å²) < 4.78 is 0. The van der Waals surface area contributed by atoms with Crippen molar-refractivity contribution in [2.45, 2.75) is 25.7 Å². The van der Waals surface area contributed by atoms with E-state index < -0.39 is 0 Å². The predicted octanol–water partition coefficient (Wildman–Crippen LogP) is 4.72. The van der Waals surface area contributed by atoms with Crippen LogP contribution in [0.4, 0.5) is 11.4 Å². The lowest BCUT2D eigenvalue weighted by Gasteiger charge is -2.25. The van der Waals surface area contributed by atoms with Crippen LogP contribution in [0, 0.1) is 0 Å². The maximum Gasteiger partial charge on any atom is 0.0361 e.